The van der Waals surface area contributed by atoms with Gasteiger partial charge in [0.05, 0.1) is 11.7 Å². The molecule has 3 nitrogen and oxygen atoms in total. The third kappa shape index (κ3) is 3.45. The van der Waals surface area contributed by atoms with Gasteiger partial charge < -0.3 is 10.1 Å². The summed E-state index contributed by atoms with van der Waals surface area (Å²) in [7, 11) is 0. The maximum absolute atomic E-state index is 12.1. The monoisotopic (exact) mass is 423 g/mol. The number of amides is 1. The van der Waals surface area contributed by atoms with Gasteiger partial charge in [0.1, 0.15) is 0 Å². The van der Waals surface area contributed by atoms with Gasteiger partial charge in [-0.3, -0.25) is 4.79 Å². The lowest BCUT2D eigenvalue weighted by molar-refractivity contribution is 0.0906. The minimum Gasteiger partial charge on any atom is -0.378 e. The summed E-state index contributed by atoms with van der Waals surface area (Å²) in [6.07, 6.45) is 1.26. The fraction of sp³-hybridized carbons (Fsp3) is 0.462. The van der Waals surface area contributed by atoms with Crippen LogP contribution in [0.1, 0.15) is 23.7 Å². The molecular formula is C13H15BrINO2. The van der Waals surface area contributed by atoms with Crippen LogP contribution in [0.5, 0.6) is 0 Å². The fourth-order valence-electron chi connectivity index (χ4n) is 2.03. The molecule has 0 bridgehead atoms. The third-order valence-corrected chi connectivity index (χ3v) is 4.59. The first kappa shape index (κ1) is 14.3. The molecule has 2 rings (SSSR count). The summed E-state index contributed by atoms with van der Waals surface area (Å²) in [5.41, 5.74) is 0.688. The second-order valence-electron chi connectivity index (χ2n) is 4.46. The Hall–Kier alpha value is -0.140. The van der Waals surface area contributed by atoms with E-state index in [2.05, 4.69) is 50.8 Å². The van der Waals surface area contributed by atoms with Crippen LogP contribution < -0.4 is 5.32 Å². The van der Waals surface area contributed by atoms with Crippen molar-refractivity contribution in [3.8, 4) is 0 Å². The molecule has 18 heavy (non-hydrogen) atoms. The average molecular weight is 424 g/mol. The second-order valence-corrected chi connectivity index (χ2v) is 6.56. The van der Waals surface area contributed by atoms with Crippen molar-refractivity contribution in [3.63, 3.8) is 0 Å². The molecule has 1 heterocycles. The Balaban J connectivity index is 1.97. The number of hydrogen-bond acceptors (Lipinski definition) is 2. The van der Waals surface area contributed by atoms with Gasteiger partial charge in [-0.2, -0.15) is 0 Å². The summed E-state index contributed by atoms with van der Waals surface area (Å²) < 4.78 is 7.37. The van der Waals surface area contributed by atoms with Crippen LogP contribution in [0.2, 0.25) is 0 Å². The summed E-state index contributed by atoms with van der Waals surface area (Å²) in [4.78, 5) is 12.1. The SMILES string of the molecule is CC1OCCC1CNC(=O)c1cc(I)ccc1Br. The molecule has 0 aromatic heterocycles. The molecule has 1 N–H and O–H groups in total. The van der Waals surface area contributed by atoms with E-state index in [0.717, 1.165) is 21.1 Å². The zero-order chi connectivity index (χ0) is 13.1. The number of ether oxygens (including phenoxy) is 1. The van der Waals surface area contributed by atoms with Gasteiger partial charge >= 0.3 is 0 Å². The van der Waals surface area contributed by atoms with E-state index in [0.29, 0.717) is 18.0 Å². The van der Waals surface area contributed by atoms with Crippen molar-refractivity contribution in [2.24, 2.45) is 5.92 Å². The van der Waals surface area contributed by atoms with Gasteiger partial charge in [-0.15, -0.1) is 0 Å². The molecule has 0 saturated carbocycles. The Bertz CT molecular complexity index is 453. The first-order valence-electron chi connectivity index (χ1n) is 5.93. The van der Waals surface area contributed by atoms with E-state index < -0.39 is 0 Å². The Morgan fingerprint density at radius 1 is 1.61 bits per heavy atom. The molecule has 1 aliphatic heterocycles. The zero-order valence-electron chi connectivity index (χ0n) is 10.1. The van der Waals surface area contributed by atoms with Crippen LogP contribution in [0, 0.1) is 9.49 Å². The van der Waals surface area contributed by atoms with Crippen molar-refractivity contribution in [2.75, 3.05) is 13.2 Å². The first-order valence-corrected chi connectivity index (χ1v) is 7.80. The first-order chi connectivity index (χ1) is 8.58. The number of halogens is 2. The summed E-state index contributed by atoms with van der Waals surface area (Å²) >= 11 is 5.61. The molecule has 2 atom stereocenters. The Morgan fingerprint density at radius 2 is 2.39 bits per heavy atom. The highest BCUT2D eigenvalue weighted by molar-refractivity contribution is 14.1. The van der Waals surface area contributed by atoms with Crippen molar-refractivity contribution in [1.29, 1.82) is 0 Å². The Labute approximate surface area is 129 Å². The maximum Gasteiger partial charge on any atom is 0.252 e. The number of carbonyl (C=O) groups is 1. The standard InChI is InChI=1S/C13H15BrINO2/c1-8-9(4-5-18-8)7-16-13(17)11-6-10(15)2-3-12(11)14/h2-3,6,8-9H,4-5,7H2,1H3,(H,16,17). The van der Waals surface area contributed by atoms with Crippen LogP contribution in [0.4, 0.5) is 0 Å². The van der Waals surface area contributed by atoms with Crippen LogP contribution >= 0.6 is 38.5 Å². The zero-order valence-corrected chi connectivity index (χ0v) is 13.8. The predicted molar refractivity (Wildman–Crippen MR) is 82.7 cm³/mol. The highest BCUT2D eigenvalue weighted by atomic mass is 127. The van der Waals surface area contributed by atoms with Gasteiger partial charge in [-0.1, -0.05) is 0 Å². The van der Waals surface area contributed by atoms with Crippen molar-refractivity contribution >= 4 is 44.4 Å². The van der Waals surface area contributed by atoms with Gasteiger partial charge in [0, 0.05) is 27.1 Å². The molecule has 0 spiro atoms. The second kappa shape index (κ2) is 6.34. The highest BCUT2D eigenvalue weighted by Gasteiger charge is 2.24. The van der Waals surface area contributed by atoms with Crippen LogP contribution in [0.3, 0.4) is 0 Å². The molecule has 1 amide bonds. The van der Waals surface area contributed by atoms with E-state index in [1.54, 1.807) is 0 Å². The van der Waals surface area contributed by atoms with Crippen LogP contribution in [0.15, 0.2) is 22.7 Å². The number of benzene rings is 1. The van der Waals surface area contributed by atoms with Gasteiger partial charge in [0.2, 0.25) is 0 Å². The molecule has 0 radical (unpaired) electrons. The Morgan fingerprint density at radius 3 is 3.06 bits per heavy atom. The Kier molecular flexibility index (Phi) is 5.03. The lowest BCUT2D eigenvalue weighted by Crippen LogP contribution is -2.32. The van der Waals surface area contributed by atoms with Crippen LogP contribution in [0.25, 0.3) is 0 Å². The van der Waals surface area contributed by atoms with E-state index in [9.17, 15) is 4.79 Å². The maximum atomic E-state index is 12.1. The van der Waals surface area contributed by atoms with E-state index in [1.807, 2.05) is 18.2 Å². The third-order valence-electron chi connectivity index (χ3n) is 3.23. The van der Waals surface area contributed by atoms with E-state index >= 15 is 0 Å². The molecule has 1 fully saturated rings. The summed E-state index contributed by atoms with van der Waals surface area (Å²) in [6.45, 7) is 3.54. The molecular weight excluding hydrogens is 409 g/mol. The van der Waals surface area contributed by atoms with E-state index in [1.165, 1.54) is 0 Å². The van der Waals surface area contributed by atoms with Crippen molar-refractivity contribution in [3.05, 3.63) is 31.8 Å². The lowest BCUT2D eigenvalue weighted by Gasteiger charge is -2.15. The quantitative estimate of drug-likeness (QED) is 0.758. The van der Waals surface area contributed by atoms with Gasteiger partial charge in [-0.25, -0.2) is 0 Å². The number of hydrogen-bond donors (Lipinski definition) is 1. The largest absolute Gasteiger partial charge is 0.378 e. The van der Waals surface area contributed by atoms with E-state index in [-0.39, 0.29) is 12.0 Å². The topological polar surface area (TPSA) is 38.3 Å². The smallest absolute Gasteiger partial charge is 0.252 e. The van der Waals surface area contributed by atoms with Crippen molar-refractivity contribution in [1.82, 2.24) is 5.32 Å². The van der Waals surface area contributed by atoms with Crippen LogP contribution in [-0.4, -0.2) is 25.2 Å². The fourth-order valence-corrected chi connectivity index (χ4v) is 2.95. The molecule has 1 aromatic rings. The molecule has 98 valence electrons. The molecule has 1 aliphatic rings. The van der Waals surface area contributed by atoms with Gasteiger partial charge in [0.15, 0.2) is 0 Å². The lowest BCUT2D eigenvalue weighted by atomic mass is 10.0. The summed E-state index contributed by atoms with van der Waals surface area (Å²) in [5.74, 6) is 0.398. The molecule has 1 aromatic carbocycles. The van der Waals surface area contributed by atoms with Crippen molar-refractivity contribution < 1.29 is 9.53 Å². The molecule has 5 heteroatoms. The van der Waals surface area contributed by atoms with Crippen molar-refractivity contribution in [2.45, 2.75) is 19.4 Å². The predicted octanol–water partition coefficient (Wildman–Crippen LogP) is 3.21. The normalized spacial score (nSPS) is 23.1. The summed E-state index contributed by atoms with van der Waals surface area (Å²) in [6, 6.07) is 5.75. The highest BCUT2D eigenvalue weighted by Crippen LogP contribution is 2.21. The number of nitrogens with one attached hydrogen (secondary N) is 1. The molecule has 0 aliphatic carbocycles. The minimum atomic E-state index is -0.0282. The number of rotatable bonds is 3. The average Bonchev–Trinajstić information content (AvgIpc) is 2.75. The molecule has 1 saturated heterocycles. The van der Waals surface area contributed by atoms with Gasteiger partial charge in [-0.05, 0) is 70.1 Å². The molecule has 2 unspecified atom stereocenters. The van der Waals surface area contributed by atoms with Gasteiger partial charge in [0.25, 0.3) is 5.91 Å². The van der Waals surface area contributed by atoms with E-state index in [4.69, 9.17) is 4.74 Å². The summed E-state index contributed by atoms with van der Waals surface area (Å²) in [5, 5.41) is 2.99. The van der Waals surface area contributed by atoms with Crippen LogP contribution in [-0.2, 0) is 4.74 Å². The minimum absolute atomic E-state index is 0.0282. The number of carbonyl (C=O) groups excluding carboxylic acids is 1.